The molecule has 1 aliphatic heterocycles. The summed E-state index contributed by atoms with van der Waals surface area (Å²) in [6.07, 6.45) is 0.314. The smallest absolute Gasteiger partial charge is 0.246 e. The first kappa shape index (κ1) is 15.1. The van der Waals surface area contributed by atoms with Gasteiger partial charge in [-0.1, -0.05) is 11.6 Å². The molecular weight excluding hydrogens is 278 g/mol. The predicted octanol–water partition coefficient (Wildman–Crippen LogP) is 1.76. The Morgan fingerprint density at radius 1 is 1.55 bits per heavy atom. The van der Waals surface area contributed by atoms with Crippen LogP contribution in [0.25, 0.3) is 0 Å². The van der Waals surface area contributed by atoms with Crippen LogP contribution in [0.2, 0.25) is 5.02 Å². The van der Waals surface area contributed by atoms with Crippen molar-refractivity contribution >= 4 is 28.9 Å². The van der Waals surface area contributed by atoms with Crippen LogP contribution in [0, 0.1) is 0 Å². The summed E-state index contributed by atoms with van der Waals surface area (Å²) in [5, 5.41) is 15.8. The Morgan fingerprint density at radius 3 is 2.85 bits per heavy atom. The van der Waals surface area contributed by atoms with Crippen LogP contribution in [-0.4, -0.2) is 37.8 Å². The maximum atomic E-state index is 11.8. The second-order valence-corrected chi connectivity index (χ2v) is 5.57. The van der Waals surface area contributed by atoms with Crippen LogP contribution in [0.15, 0.2) is 12.1 Å². The van der Waals surface area contributed by atoms with Gasteiger partial charge in [0.1, 0.15) is 6.04 Å². The predicted molar refractivity (Wildman–Crippen MR) is 81.5 cm³/mol. The number of nitrogens with zero attached hydrogens (tertiary/aromatic N) is 1. The third kappa shape index (κ3) is 2.90. The lowest BCUT2D eigenvalue weighted by Crippen LogP contribution is -2.23. The third-order valence-electron chi connectivity index (χ3n) is 3.53. The topological polar surface area (TPSA) is 64.6 Å². The summed E-state index contributed by atoms with van der Waals surface area (Å²) in [6.45, 7) is 2.45. The molecule has 0 aliphatic carbocycles. The molecule has 1 heterocycles. The SMILES string of the molecule is CNC1C(=O)Nc2cc(N(C)CCC(C)O)c(Cl)cc21. The average Bonchev–Trinajstić information content (AvgIpc) is 2.69. The lowest BCUT2D eigenvalue weighted by Gasteiger charge is -2.22. The standard InChI is InChI=1S/C14H20ClN3O2/c1-8(19)4-5-18(3)12-7-11-9(6-10(12)15)13(16-2)14(20)17-11/h6-8,13,16,19H,4-5H2,1-3H3,(H,17,20). The van der Waals surface area contributed by atoms with E-state index >= 15 is 0 Å². The van der Waals surface area contributed by atoms with Crippen molar-refractivity contribution < 1.29 is 9.90 Å². The Bertz CT molecular complexity index is 519. The number of nitrogens with one attached hydrogen (secondary N) is 2. The molecule has 2 atom stereocenters. The molecule has 110 valence electrons. The van der Waals surface area contributed by atoms with E-state index < -0.39 is 0 Å². The fraction of sp³-hybridized carbons (Fsp3) is 0.500. The number of likely N-dealkylation sites (N-methyl/N-ethyl adjacent to an activating group) is 1. The fourth-order valence-electron chi connectivity index (χ4n) is 2.35. The molecule has 1 aliphatic rings. The molecule has 0 fully saturated rings. The molecule has 3 N–H and O–H groups in total. The number of carbonyl (C=O) groups is 1. The van der Waals surface area contributed by atoms with Crippen LogP contribution >= 0.6 is 11.6 Å². The summed E-state index contributed by atoms with van der Waals surface area (Å²) in [6, 6.07) is 3.36. The van der Waals surface area contributed by atoms with Crippen molar-refractivity contribution in [2.45, 2.75) is 25.5 Å². The molecule has 0 saturated heterocycles. The second-order valence-electron chi connectivity index (χ2n) is 5.16. The maximum absolute atomic E-state index is 11.8. The van der Waals surface area contributed by atoms with Gasteiger partial charge in [-0.15, -0.1) is 0 Å². The van der Waals surface area contributed by atoms with Gasteiger partial charge in [0.05, 0.1) is 16.8 Å². The monoisotopic (exact) mass is 297 g/mol. The highest BCUT2D eigenvalue weighted by Crippen LogP contribution is 2.38. The van der Waals surface area contributed by atoms with Crippen LogP contribution in [0.5, 0.6) is 0 Å². The summed E-state index contributed by atoms with van der Waals surface area (Å²) in [7, 11) is 3.66. The van der Waals surface area contributed by atoms with E-state index in [1.165, 1.54) is 0 Å². The van der Waals surface area contributed by atoms with Crippen molar-refractivity contribution in [1.29, 1.82) is 0 Å². The number of carbonyl (C=O) groups excluding carboxylic acids is 1. The van der Waals surface area contributed by atoms with Gasteiger partial charge < -0.3 is 20.6 Å². The molecule has 0 aromatic heterocycles. The lowest BCUT2D eigenvalue weighted by atomic mass is 10.1. The minimum absolute atomic E-state index is 0.0673. The molecule has 6 heteroatoms. The van der Waals surface area contributed by atoms with Crippen LogP contribution in [-0.2, 0) is 4.79 Å². The first-order chi connectivity index (χ1) is 9.43. The second kappa shape index (κ2) is 5.99. The highest BCUT2D eigenvalue weighted by atomic mass is 35.5. The number of fused-ring (bicyclic) bond motifs is 1. The van der Waals surface area contributed by atoms with E-state index in [1.54, 1.807) is 14.0 Å². The molecule has 0 spiro atoms. The van der Waals surface area contributed by atoms with E-state index in [9.17, 15) is 9.90 Å². The van der Waals surface area contributed by atoms with E-state index in [1.807, 2.05) is 24.1 Å². The highest BCUT2D eigenvalue weighted by molar-refractivity contribution is 6.33. The number of amides is 1. The van der Waals surface area contributed by atoms with Gasteiger partial charge in [-0.2, -0.15) is 0 Å². The van der Waals surface area contributed by atoms with Crippen molar-refractivity contribution in [3.8, 4) is 0 Å². The fourth-order valence-corrected chi connectivity index (χ4v) is 2.67. The Morgan fingerprint density at radius 2 is 2.25 bits per heavy atom. The van der Waals surface area contributed by atoms with Crippen molar-refractivity contribution in [2.24, 2.45) is 0 Å². The van der Waals surface area contributed by atoms with Crippen molar-refractivity contribution in [2.75, 3.05) is 30.9 Å². The van der Waals surface area contributed by atoms with Crippen LogP contribution in [0.3, 0.4) is 0 Å². The van der Waals surface area contributed by atoms with Gasteiger partial charge in [-0.05, 0) is 32.5 Å². The van der Waals surface area contributed by atoms with Crippen molar-refractivity contribution in [3.05, 3.63) is 22.7 Å². The van der Waals surface area contributed by atoms with Gasteiger partial charge >= 0.3 is 0 Å². The van der Waals surface area contributed by atoms with E-state index in [0.717, 1.165) is 16.9 Å². The molecule has 5 nitrogen and oxygen atoms in total. The molecular formula is C14H20ClN3O2. The number of benzene rings is 1. The number of anilines is 2. The van der Waals surface area contributed by atoms with Crippen LogP contribution < -0.4 is 15.5 Å². The summed E-state index contributed by atoms with van der Waals surface area (Å²) in [5.41, 5.74) is 2.51. The zero-order valence-electron chi connectivity index (χ0n) is 11.9. The summed E-state index contributed by atoms with van der Waals surface area (Å²) in [5.74, 6) is -0.0673. The molecule has 1 amide bonds. The van der Waals surface area contributed by atoms with Crippen molar-refractivity contribution in [3.63, 3.8) is 0 Å². The van der Waals surface area contributed by atoms with Crippen LogP contribution in [0.4, 0.5) is 11.4 Å². The lowest BCUT2D eigenvalue weighted by molar-refractivity contribution is -0.117. The molecule has 2 unspecified atom stereocenters. The molecule has 0 radical (unpaired) electrons. The van der Waals surface area contributed by atoms with Gasteiger partial charge in [0, 0.05) is 24.8 Å². The third-order valence-corrected chi connectivity index (χ3v) is 3.83. The first-order valence-corrected chi connectivity index (χ1v) is 7.02. The van der Waals surface area contributed by atoms with Gasteiger partial charge in [-0.3, -0.25) is 4.79 Å². The summed E-state index contributed by atoms with van der Waals surface area (Å²) >= 11 is 6.32. The Hall–Kier alpha value is -1.30. The number of hydrogen-bond donors (Lipinski definition) is 3. The molecule has 0 bridgehead atoms. The van der Waals surface area contributed by atoms with E-state index in [0.29, 0.717) is 18.0 Å². The summed E-state index contributed by atoms with van der Waals surface area (Å²) < 4.78 is 0. The number of hydrogen-bond acceptors (Lipinski definition) is 4. The minimum Gasteiger partial charge on any atom is -0.393 e. The molecule has 20 heavy (non-hydrogen) atoms. The maximum Gasteiger partial charge on any atom is 0.246 e. The molecule has 2 rings (SSSR count). The number of aliphatic hydroxyl groups is 1. The Labute approximate surface area is 123 Å². The highest BCUT2D eigenvalue weighted by Gasteiger charge is 2.30. The number of aliphatic hydroxyl groups excluding tert-OH is 1. The number of halogens is 1. The average molecular weight is 298 g/mol. The Balaban J connectivity index is 2.25. The van der Waals surface area contributed by atoms with Gasteiger partial charge in [0.2, 0.25) is 5.91 Å². The summed E-state index contributed by atoms with van der Waals surface area (Å²) in [4.78, 5) is 13.8. The van der Waals surface area contributed by atoms with E-state index in [2.05, 4.69) is 10.6 Å². The zero-order chi connectivity index (χ0) is 14.9. The molecule has 1 aromatic carbocycles. The first-order valence-electron chi connectivity index (χ1n) is 6.64. The molecule has 0 saturated carbocycles. The quantitative estimate of drug-likeness (QED) is 0.775. The number of rotatable bonds is 5. The molecule has 1 aromatic rings. The van der Waals surface area contributed by atoms with E-state index in [-0.39, 0.29) is 18.1 Å². The van der Waals surface area contributed by atoms with Crippen LogP contribution in [0.1, 0.15) is 24.9 Å². The Kier molecular flexibility index (Phi) is 4.52. The zero-order valence-corrected chi connectivity index (χ0v) is 12.7. The van der Waals surface area contributed by atoms with Gasteiger partial charge in [0.15, 0.2) is 0 Å². The van der Waals surface area contributed by atoms with E-state index in [4.69, 9.17) is 11.6 Å². The largest absolute Gasteiger partial charge is 0.393 e. The van der Waals surface area contributed by atoms with Gasteiger partial charge in [0.25, 0.3) is 0 Å². The minimum atomic E-state index is -0.348. The normalized spacial score (nSPS) is 18.6. The van der Waals surface area contributed by atoms with Gasteiger partial charge in [-0.25, -0.2) is 0 Å². The van der Waals surface area contributed by atoms with Crippen molar-refractivity contribution in [1.82, 2.24) is 5.32 Å².